The van der Waals surface area contributed by atoms with Crippen molar-refractivity contribution in [2.45, 2.75) is 13.3 Å². The summed E-state index contributed by atoms with van der Waals surface area (Å²) in [6.45, 7) is 4.61. The average Bonchev–Trinajstić information content (AvgIpc) is 2.24. The molecule has 0 bridgehead atoms. The van der Waals surface area contributed by atoms with Crippen molar-refractivity contribution in [2.75, 3.05) is 46.5 Å². The predicted octanol–water partition coefficient (Wildman–Crippen LogP) is -0.547. The first-order valence-corrected chi connectivity index (χ1v) is 5.34. The number of aliphatic hydroxyl groups is 1. The molecule has 0 aromatic carbocycles. The first-order chi connectivity index (χ1) is 7.26. The molecule has 0 aromatic rings. The van der Waals surface area contributed by atoms with Gasteiger partial charge in [-0.2, -0.15) is 0 Å². The maximum Gasteiger partial charge on any atom is 0.236 e. The Morgan fingerprint density at radius 3 is 2.73 bits per heavy atom. The summed E-state index contributed by atoms with van der Waals surface area (Å²) in [4.78, 5) is 13.2. The Kier molecular flexibility index (Phi) is 9.46. The lowest BCUT2D eigenvalue weighted by Gasteiger charge is -2.21. The van der Waals surface area contributed by atoms with E-state index in [0.717, 1.165) is 13.0 Å². The van der Waals surface area contributed by atoms with Crippen LogP contribution in [0.1, 0.15) is 13.3 Å². The van der Waals surface area contributed by atoms with Crippen molar-refractivity contribution in [2.24, 2.45) is 0 Å². The molecule has 5 nitrogen and oxygen atoms in total. The van der Waals surface area contributed by atoms with Crippen LogP contribution in [0.5, 0.6) is 0 Å². The van der Waals surface area contributed by atoms with Gasteiger partial charge < -0.3 is 20.1 Å². The highest BCUT2D eigenvalue weighted by Crippen LogP contribution is 1.89. The monoisotopic (exact) mass is 218 g/mol. The van der Waals surface area contributed by atoms with Crippen LogP contribution in [0, 0.1) is 0 Å². The zero-order valence-corrected chi connectivity index (χ0v) is 9.66. The van der Waals surface area contributed by atoms with Crippen LogP contribution in [0.25, 0.3) is 0 Å². The van der Waals surface area contributed by atoms with Crippen molar-refractivity contribution < 1.29 is 14.6 Å². The Morgan fingerprint density at radius 2 is 2.20 bits per heavy atom. The van der Waals surface area contributed by atoms with E-state index >= 15 is 0 Å². The molecular formula is C10H22N2O3. The van der Waals surface area contributed by atoms with E-state index < -0.39 is 0 Å². The topological polar surface area (TPSA) is 61.8 Å². The van der Waals surface area contributed by atoms with E-state index in [9.17, 15) is 4.79 Å². The molecule has 0 atom stereocenters. The second kappa shape index (κ2) is 9.89. The summed E-state index contributed by atoms with van der Waals surface area (Å²) < 4.78 is 4.90. The Balaban J connectivity index is 3.81. The van der Waals surface area contributed by atoms with Gasteiger partial charge in [-0.25, -0.2) is 0 Å². The lowest BCUT2D eigenvalue weighted by molar-refractivity contribution is -0.131. The molecule has 0 heterocycles. The lowest BCUT2D eigenvalue weighted by atomic mass is 10.4. The summed E-state index contributed by atoms with van der Waals surface area (Å²) >= 11 is 0. The van der Waals surface area contributed by atoms with Crippen LogP contribution < -0.4 is 5.32 Å². The third kappa shape index (κ3) is 7.30. The molecule has 0 aliphatic rings. The number of methoxy groups -OCH3 is 1. The number of hydrogen-bond donors (Lipinski definition) is 2. The van der Waals surface area contributed by atoms with Crippen molar-refractivity contribution in [3.05, 3.63) is 0 Å². The molecule has 15 heavy (non-hydrogen) atoms. The van der Waals surface area contributed by atoms with E-state index in [1.165, 1.54) is 0 Å². The van der Waals surface area contributed by atoms with Crippen molar-refractivity contribution in [3.63, 3.8) is 0 Å². The first kappa shape index (κ1) is 14.3. The van der Waals surface area contributed by atoms with E-state index in [2.05, 4.69) is 5.32 Å². The zero-order valence-electron chi connectivity index (χ0n) is 9.66. The van der Waals surface area contributed by atoms with Gasteiger partial charge in [0.05, 0.1) is 19.8 Å². The standard InChI is InChI=1S/C10H22N2O3/c1-3-4-11-9-10(14)12(5-7-13)6-8-15-2/h11,13H,3-9H2,1-2H3. The van der Waals surface area contributed by atoms with Crippen molar-refractivity contribution in [1.82, 2.24) is 10.2 Å². The summed E-state index contributed by atoms with van der Waals surface area (Å²) in [6.07, 6.45) is 1.01. The van der Waals surface area contributed by atoms with Gasteiger partial charge in [-0.05, 0) is 13.0 Å². The van der Waals surface area contributed by atoms with Gasteiger partial charge in [0.15, 0.2) is 0 Å². The quantitative estimate of drug-likeness (QED) is 0.510. The van der Waals surface area contributed by atoms with E-state index in [0.29, 0.717) is 26.2 Å². The van der Waals surface area contributed by atoms with Crippen LogP contribution in [0.2, 0.25) is 0 Å². The van der Waals surface area contributed by atoms with Crippen LogP contribution in [0.15, 0.2) is 0 Å². The Labute approximate surface area is 91.4 Å². The molecule has 5 heteroatoms. The van der Waals surface area contributed by atoms with Crippen LogP contribution in [-0.2, 0) is 9.53 Å². The molecule has 2 N–H and O–H groups in total. The van der Waals surface area contributed by atoms with E-state index in [-0.39, 0.29) is 12.5 Å². The lowest BCUT2D eigenvalue weighted by Crippen LogP contribution is -2.41. The maximum atomic E-state index is 11.6. The number of carbonyl (C=O) groups is 1. The molecule has 0 radical (unpaired) electrons. The van der Waals surface area contributed by atoms with Crippen molar-refractivity contribution in [3.8, 4) is 0 Å². The molecule has 1 amide bonds. The molecule has 90 valence electrons. The number of hydrogen-bond acceptors (Lipinski definition) is 4. The Morgan fingerprint density at radius 1 is 1.47 bits per heavy atom. The number of ether oxygens (including phenoxy) is 1. The predicted molar refractivity (Wildman–Crippen MR) is 58.7 cm³/mol. The number of rotatable bonds is 9. The second-order valence-corrected chi connectivity index (χ2v) is 3.27. The highest BCUT2D eigenvalue weighted by molar-refractivity contribution is 5.78. The summed E-state index contributed by atoms with van der Waals surface area (Å²) in [6, 6.07) is 0. The fourth-order valence-corrected chi connectivity index (χ4v) is 1.17. The van der Waals surface area contributed by atoms with E-state index in [4.69, 9.17) is 9.84 Å². The maximum absolute atomic E-state index is 11.6. The minimum atomic E-state index is -0.0107. The van der Waals surface area contributed by atoms with Gasteiger partial charge >= 0.3 is 0 Å². The Bertz CT molecular complexity index is 165. The van der Waals surface area contributed by atoms with Gasteiger partial charge in [0.25, 0.3) is 0 Å². The van der Waals surface area contributed by atoms with E-state index in [1.807, 2.05) is 6.92 Å². The van der Waals surface area contributed by atoms with Gasteiger partial charge in [0.1, 0.15) is 0 Å². The molecule has 0 aliphatic heterocycles. The molecule has 0 saturated carbocycles. The number of nitrogens with one attached hydrogen (secondary N) is 1. The summed E-state index contributed by atoms with van der Waals surface area (Å²) in [5, 5.41) is 11.8. The average molecular weight is 218 g/mol. The molecule has 0 fully saturated rings. The van der Waals surface area contributed by atoms with Gasteiger partial charge in [-0.15, -0.1) is 0 Å². The third-order valence-corrected chi connectivity index (χ3v) is 1.99. The van der Waals surface area contributed by atoms with Crippen LogP contribution in [-0.4, -0.2) is 62.4 Å². The smallest absolute Gasteiger partial charge is 0.236 e. The van der Waals surface area contributed by atoms with Crippen molar-refractivity contribution in [1.29, 1.82) is 0 Å². The number of nitrogens with zero attached hydrogens (tertiary/aromatic N) is 1. The highest BCUT2D eigenvalue weighted by atomic mass is 16.5. The minimum absolute atomic E-state index is 0.00884. The third-order valence-electron chi connectivity index (χ3n) is 1.99. The highest BCUT2D eigenvalue weighted by Gasteiger charge is 2.11. The molecular weight excluding hydrogens is 196 g/mol. The molecule has 0 saturated heterocycles. The SMILES string of the molecule is CCCNCC(=O)N(CCO)CCOC. The summed E-state index contributed by atoms with van der Waals surface area (Å²) in [5.41, 5.74) is 0. The molecule has 0 aromatic heterocycles. The van der Waals surface area contributed by atoms with Crippen molar-refractivity contribution >= 4 is 5.91 Å². The molecule has 0 aliphatic carbocycles. The molecule has 0 spiro atoms. The van der Waals surface area contributed by atoms with Gasteiger partial charge in [-0.1, -0.05) is 6.92 Å². The number of carbonyl (C=O) groups excluding carboxylic acids is 1. The fourth-order valence-electron chi connectivity index (χ4n) is 1.17. The molecule has 0 unspecified atom stereocenters. The van der Waals surface area contributed by atoms with Gasteiger partial charge in [-0.3, -0.25) is 4.79 Å². The van der Waals surface area contributed by atoms with Gasteiger partial charge in [0, 0.05) is 20.2 Å². The number of aliphatic hydroxyl groups excluding tert-OH is 1. The largest absolute Gasteiger partial charge is 0.395 e. The van der Waals surface area contributed by atoms with E-state index in [1.54, 1.807) is 12.0 Å². The van der Waals surface area contributed by atoms with Crippen LogP contribution in [0.4, 0.5) is 0 Å². The van der Waals surface area contributed by atoms with Crippen LogP contribution >= 0.6 is 0 Å². The zero-order chi connectivity index (χ0) is 11.5. The van der Waals surface area contributed by atoms with Gasteiger partial charge in [0.2, 0.25) is 5.91 Å². The first-order valence-electron chi connectivity index (χ1n) is 5.34. The second-order valence-electron chi connectivity index (χ2n) is 3.27. The normalized spacial score (nSPS) is 10.3. The Hall–Kier alpha value is -0.650. The summed E-state index contributed by atoms with van der Waals surface area (Å²) in [7, 11) is 1.59. The minimum Gasteiger partial charge on any atom is -0.395 e. The summed E-state index contributed by atoms with van der Waals surface area (Å²) in [5.74, 6) is 0.00884. The van der Waals surface area contributed by atoms with Crippen LogP contribution in [0.3, 0.4) is 0 Å². The fraction of sp³-hybridized carbons (Fsp3) is 0.900. The number of amides is 1. The molecule has 0 rings (SSSR count).